The van der Waals surface area contributed by atoms with Crippen LogP contribution in [0.1, 0.15) is 13.8 Å². The maximum Gasteiger partial charge on any atom is 0.242 e. The fourth-order valence-electron chi connectivity index (χ4n) is 1.49. The van der Waals surface area contributed by atoms with Crippen LogP contribution in [0.3, 0.4) is 0 Å². The van der Waals surface area contributed by atoms with E-state index >= 15 is 0 Å². The average molecular weight is 244 g/mol. The van der Waals surface area contributed by atoms with Crippen LogP contribution in [0.15, 0.2) is 0 Å². The van der Waals surface area contributed by atoms with E-state index in [2.05, 4.69) is 0 Å². The van der Waals surface area contributed by atoms with Crippen LogP contribution in [0.5, 0.6) is 0 Å². The minimum Gasteiger partial charge on any atom is -0.388 e. The Bertz CT molecular complexity index is 317. The highest BCUT2D eigenvalue weighted by Gasteiger charge is 2.34. The third-order valence-corrected chi connectivity index (χ3v) is 3.20. The lowest BCUT2D eigenvalue weighted by molar-refractivity contribution is -0.153. The van der Waals surface area contributed by atoms with Crippen molar-refractivity contribution in [3.8, 4) is 0 Å². The first-order valence-corrected chi connectivity index (χ1v) is 5.53. The second-order valence-corrected chi connectivity index (χ2v) is 4.85. The number of methoxy groups -OCH3 is 1. The van der Waals surface area contributed by atoms with Crippen molar-refractivity contribution in [2.24, 2.45) is 0 Å². The van der Waals surface area contributed by atoms with Crippen molar-refractivity contribution in [2.45, 2.75) is 25.6 Å². The number of aliphatic hydroxyl groups excluding tert-OH is 1. The van der Waals surface area contributed by atoms with E-state index < -0.39 is 11.7 Å². The zero-order chi connectivity index (χ0) is 13.2. The Hall–Kier alpha value is -1.14. The van der Waals surface area contributed by atoms with E-state index in [1.165, 1.54) is 16.9 Å². The lowest BCUT2D eigenvalue weighted by Gasteiger charge is -2.36. The molecule has 98 valence electrons. The number of amides is 2. The average Bonchev–Trinajstić information content (AvgIpc) is 2.25. The number of carbonyl (C=O) groups is 2. The van der Waals surface area contributed by atoms with Gasteiger partial charge in [-0.3, -0.25) is 9.59 Å². The van der Waals surface area contributed by atoms with Crippen molar-refractivity contribution in [2.75, 3.05) is 33.8 Å². The van der Waals surface area contributed by atoms with Gasteiger partial charge in [0.1, 0.15) is 0 Å². The maximum atomic E-state index is 11.7. The van der Waals surface area contributed by atoms with Crippen LogP contribution in [-0.4, -0.2) is 72.2 Å². The molecule has 2 amide bonds. The van der Waals surface area contributed by atoms with Crippen LogP contribution in [0.2, 0.25) is 0 Å². The number of rotatable bonds is 4. The molecule has 1 unspecified atom stereocenters. The summed E-state index contributed by atoms with van der Waals surface area (Å²) in [4.78, 5) is 25.9. The highest BCUT2D eigenvalue weighted by atomic mass is 16.5. The topological polar surface area (TPSA) is 70.1 Å². The molecule has 6 heteroatoms. The summed E-state index contributed by atoms with van der Waals surface area (Å²) in [7, 11) is 3.09. The van der Waals surface area contributed by atoms with Gasteiger partial charge < -0.3 is 19.6 Å². The molecule has 0 aromatic rings. The first kappa shape index (κ1) is 13.9. The van der Waals surface area contributed by atoms with E-state index in [9.17, 15) is 14.7 Å². The molecule has 0 saturated carbocycles. The molecule has 17 heavy (non-hydrogen) atoms. The number of aliphatic hydroxyl groups is 1. The molecule has 1 fully saturated rings. The van der Waals surface area contributed by atoms with Gasteiger partial charge in [0.05, 0.1) is 31.3 Å². The van der Waals surface area contributed by atoms with Gasteiger partial charge >= 0.3 is 0 Å². The summed E-state index contributed by atoms with van der Waals surface area (Å²) in [5, 5.41) is 9.96. The molecule has 1 rings (SSSR count). The van der Waals surface area contributed by atoms with Crippen LogP contribution in [0, 0.1) is 0 Å². The third kappa shape index (κ3) is 3.17. The molecule has 1 saturated heterocycles. The van der Waals surface area contributed by atoms with Gasteiger partial charge in [0.25, 0.3) is 0 Å². The lowest BCUT2D eigenvalue weighted by atomic mass is 10.0. The molecule has 1 heterocycles. The standard InChI is InChI=1S/C11H20N2O4/c1-11(2,17-4)8(14)5-13-7-9(15)12(3)6-10(13)16/h8,14H,5-7H2,1-4H3. The number of piperazine rings is 1. The molecule has 1 atom stereocenters. The van der Waals surface area contributed by atoms with E-state index in [1.807, 2.05) is 0 Å². The summed E-state index contributed by atoms with van der Waals surface area (Å²) in [6, 6.07) is 0. The van der Waals surface area contributed by atoms with Crippen LogP contribution >= 0.6 is 0 Å². The van der Waals surface area contributed by atoms with Gasteiger partial charge in [-0.1, -0.05) is 0 Å². The largest absolute Gasteiger partial charge is 0.388 e. The highest BCUT2D eigenvalue weighted by Crippen LogP contribution is 2.16. The van der Waals surface area contributed by atoms with Gasteiger partial charge in [-0.2, -0.15) is 0 Å². The number of β-amino-alcohol motifs (C(OH)–C–C–N with tert-alkyl or cyclic N) is 1. The van der Waals surface area contributed by atoms with Gasteiger partial charge in [0, 0.05) is 14.2 Å². The zero-order valence-electron chi connectivity index (χ0n) is 10.8. The summed E-state index contributed by atoms with van der Waals surface area (Å²) < 4.78 is 5.14. The van der Waals surface area contributed by atoms with Gasteiger partial charge in [-0.25, -0.2) is 0 Å². The van der Waals surface area contributed by atoms with Gasteiger partial charge in [0.2, 0.25) is 11.8 Å². The molecule has 0 radical (unpaired) electrons. The number of ether oxygens (including phenoxy) is 1. The SMILES string of the molecule is COC(C)(C)C(O)CN1CC(=O)N(C)CC1=O. The van der Waals surface area contributed by atoms with E-state index in [0.717, 1.165) is 0 Å². The normalized spacial score (nSPS) is 19.8. The first-order valence-electron chi connectivity index (χ1n) is 5.53. The van der Waals surface area contributed by atoms with Crippen molar-refractivity contribution in [1.82, 2.24) is 9.80 Å². The Morgan fingerprint density at radius 2 is 1.94 bits per heavy atom. The number of nitrogens with zero attached hydrogens (tertiary/aromatic N) is 2. The maximum absolute atomic E-state index is 11.7. The van der Waals surface area contributed by atoms with Gasteiger partial charge in [-0.05, 0) is 13.8 Å². The van der Waals surface area contributed by atoms with Crippen molar-refractivity contribution >= 4 is 11.8 Å². The molecular formula is C11H20N2O4. The van der Waals surface area contributed by atoms with E-state index in [4.69, 9.17) is 4.74 Å². The summed E-state index contributed by atoms with van der Waals surface area (Å²) in [5.41, 5.74) is -0.743. The van der Waals surface area contributed by atoms with Crippen molar-refractivity contribution < 1.29 is 19.4 Å². The Labute approximate surface area is 101 Å². The number of hydrogen-bond donors (Lipinski definition) is 1. The molecule has 0 aromatic heterocycles. The molecule has 0 spiro atoms. The summed E-state index contributed by atoms with van der Waals surface area (Å²) >= 11 is 0. The summed E-state index contributed by atoms with van der Waals surface area (Å²) in [5.74, 6) is -0.273. The molecule has 6 nitrogen and oxygen atoms in total. The van der Waals surface area contributed by atoms with Crippen LogP contribution < -0.4 is 0 Å². The highest BCUT2D eigenvalue weighted by molar-refractivity contribution is 5.92. The lowest BCUT2D eigenvalue weighted by Crippen LogP contribution is -2.56. The quantitative estimate of drug-likeness (QED) is 0.694. The molecular weight excluding hydrogens is 224 g/mol. The minimum absolute atomic E-state index is 0.0200. The monoisotopic (exact) mass is 244 g/mol. The van der Waals surface area contributed by atoms with Crippen LogP contribution in [-0.2, 0) is 14.3 Å². The number of hydrogen-bond acceptors (Lipinski definition) is 4. The van der Waals surface area contributed by atoms with Crippen molar-refractivity contribution in [3.63, 3.8) is 0 Å². The Morgan fingerprint density at radius 1 is 1.35 bits per heavy atom. The number of carbonyl (C=O) groups excluding carboxylic acids is 2. The van der Waals surface area contributed by atoms with Crippen LogP contribution in [0.25, 0.3) is 0 Å². The molecule has 1 aliphatic heterocycles. The third-order valence-electron chi connectivity index (χ3n) is 3.20. The minimum atomic E-state index is -0.826. The zero-order valence-corrected chi connectivity index (χ0v) is 10.8. The van der Waals surface area contributed by atoms with E-state index in [1.54, 1.807) is 20.9 Å². The molecule has 0 bridgehead atoms. The summed E-state index contributed by atoms with van der Waals surface area (Å²) in [6.07, 6.45) is -0.826. The Morgan fingerprint density at radius 3 is 2.47 bits per heavy atom. The molecule has 0 aromatic carbocycles. The predicted molar refractivity (Wildman–Crippen MR) is 61.3 cm³/mol. The Balaban J connectivity index is 2.63. The second kappa shape index (κ2) is 5.01. The van der Waals surface area contributed by atoms with Crippen LogP contribution in [0.4, 0.5) is 0 Å². The molecule has 1 aliphatic rings. The molecule has 1 N–H and O–H groups in total. The second-order valence-electron chi connectivity index (χ2n) is 4.85. The van der Waals surface area contributed by atoms with E-state index in [0.29, 0.717) is 0 Å². The summed E-state index contributed by atoms with van der Waals surface area (Å²) in [6.45, 7) is 3.67. The van der Waals surface area contributed by atoms with E-state index in [-0.39, 0.29) is 31.4 Å². The first-order chi connectivity index (χ1) is 7.77. The smallest absolute Gasteiger partial charge is 0.242 e. The fourth-order valence-corrected chi connectivity index (χ4v) is 1.49. The fraction of sp³-hybridized carbons (Fsp3) is 0.818. The van der Waals surface area contributed by atoms with Crippen molar-refractivity contribution in [1.29, 1.82) is 0 Å². The number of likely N-dealkylation sites (N-methyl/N-ethyl adjacent to an activating group) is 1. The Kier molecular flexibility index (Phi) is 4.11. The van der Waals surface area contributed by atoms with Gasteiger partial charge in [-0.15, -0.1) is 0 Å². The predicted octanol–water partition coefficient (Wildman–Crippen LogP) is -0.927. The van der Waals surface area contributed by atoms with Crippen molar-refractivity contribution in [3.05, 3.63) is 0 Å². The molecule has 0 aliphatic carbocycles. The van der Waals surface area contributed by atoms with Gasteiger partial charge in [0.15, 0.2) is 0 Å².